The molecule has 3 saturated carbocycles. The summed E-state index contributed by atoms with van der Waals surface area (Å²) in [4.78, 5) is 0. The first-order chi connectivity index (χ1) is 16.5. The van der Waals surface area contributed by atoms with E-state index in [-0.39, 0.29) is 11.6 Å². The predicted octanol–water partition coefficient (Wildman–Crippen LogP) is 4.27. The van der Waals surface area contributed by atoms with Gasteiger partial charge in [-0.15, -0.1) is 0 Å². The van der Waals surface area contributed by atoms with Crippen LogP contribution in [0.4, 0.5) is 0 Å². The number of nitrogens with two attached hydrogens (primary N) is 1. The van der Waals surface area contributed by atoms with Crippen LogP contribution in [0.5, 0.6) is 0 Å². The van der Waals surface area contributed by atoms with Crippen molar-refractivity contribution in [3.8, 4) is 0 Å². The van der Waals surface area contributed by atoms with Crippen LogP contribution in [0.25, 0.3) is 0 Å². The Hall–Kier alpha value is -0.470. The zero-order valence-electron chi connectivity index (χ0n) is 22.2. The third-order valence-electron chi connectivity index (χ3n) is 12.0. The molecule has 0 radical (unpaired) electrons. The highest BCUT2D eigenvalue weighted by Crippen LogP contribution is 2.65. The maximum atomic E-state index is 11.6. The minimum atomic E-state index is -3.63. The second-order valence-corrected chi connectivity index (χ2v) is 15.1. The smallest absolute Gasteiger partial charge is 0.274 e. The molecule has 0 aromatic heterocycles. The van der Waals surface area contributed by atoms with Crippen LogP contribution < -0.4 is 15.2 Å². The fourth-order valence-electron chi connectivity index (χ4n) is 10.2. The van der Waals surface area contributed by atoms with Crippen molar-refractivity contribution in [2.45, 2.75) is 116 Å². The largest absolute Gasteiger partial charge is 0.369 e. The van der Waals surface area contributed by atoms with Gasteiger partial charge in [0.05, 0.1) is 11.7 Å². The Morgan fingerprint density at radius 1 is 1.11 bits per heavy atom. The molecule has 0 aromatic carbocycles. The minimum absolute atomic E-state index is 0.00757. The topological polar surface area (TPSA) is 93.5 Å². The molecule has 2 aliphatic heterocycles. The molecule has 4 aliphatic carbocycles. The number of nitrogens with one attached hydrogen (secondary N) is 2. The summed E-state index contributed by atoms with van der Waals surface area (Å²) in [6.45, 7) is 10.9. The van der Waals surface area contributed by atoms with Crippen LogP contribution in [0.15, 0.2) is 11.1 Å². The van der Waals surface area contributed by atoms with E-state index in [1.54, 1.807) is 11.1 Å². The maximum Gasteiger partial charge on any atom is 0.274 e. The molecule has 6 rings (SSSR count). The Labute approximate surface area is 212 Å². The molecular weight excluding hydrogens is 458 g/mol. The number of fused-ring (bicyclic) bond motifs is 6. The summed E-state index contributed by atoms with van der Waals surface area (Å²) in [5.41, 5.74) is 3.74. The van der Waals surface area contributed by atoms with Crippen molar-refractivity contribution in [1.82, 2.24) is 10.0 Å². The van der Waals surface area contributed by atoms with E-state index in [0.717, 1.165) is 50.0 Å². The Bertz CT molecular complexity index is 997. The van der Waals surface area contributed by atoms with Crippen LogP contribution in [-0.4, -0.2) is 38.8 Å². The number of hydrogen-bond donors (Lipinski definition) is 3. The molecule has 6 nitrogen and oxygen atoms in total. The first kappa shape index (κ1) is 24.8. The van der Waals surface area contributed by atoms with Gasteiger partial charge in [-0.3, -0.25) is 0 Å². The van der Waals surface area contributed by atoms with Crippen LogP contribution in [0.1, 0.15) is 91.9 Å². The van der Waals surface area contributed by atoms with Crippen molar-refractivity contribution in [3.05, 3.63) is 11.1 Å². The van der Waals surface area contributed by atoms with Crippen LogP contribution in [-0.2, 0) is 14.9 Å². The number of hydrogen-bond acceptors (Lipinski definition) is 4. The third kappa shape index (κ3) is 4.07. The molecule has 7 heteroatoms. The molecule has 11 atom stereocenters. The van der Waals surface area contributed by atoms with Crippen molar-refractivity contribution in [3.63, 3.8) is 0 Å². The number of allylic oxidation sites excluding steroid dienone is 1. The molecule has 0 aromatic rings. The molecule has 35 heavy (non-hydrogen) atoms. The lowest BCUT2D eigenvalue weighted by atomic mass is 9.52. The van der Waals surface area contributed by atoms with Crippen LogP contribution in [0.2, 0.25) is 0 Å². The van der Waals surface area contributed by atoms with E-state index in [1.165, 1.54) is 38.5 Å². The van der Waals surface area contributed by atoms with Crippen molar-refractivity contribution >= 4 is 10.2 Å². The van der Waals surface area contributed by atoms with Gasteiger partial charge in [-0.05, 0) is 113 Å². The van der Waals surface area contributed by atoms with E-state index in [0.29, 0.717) is 35.3 Å². The Morgan fingerprint density at radius 2 is 1.91 bits per heavy atom. The van der Waals surface area contributed by atoms with E-state index < -0.39 is 10.2 Å². The van der Waals surface area contributed by atoms with E-state index in [4.69, 9.17) is 9.88 Å². The van der Waals surface area contributed by atoms with E-state index in [9.17, 15) is 8.42 Å². The summed E-state index contributed by atoms with van der Waals surface area (Å²) < 4.78 is 33.0. The average molecular weight is 506 g/mol. The molecule has 1 unspecified atom stereocenters. The van der Waals surface area contributed by atoms with Gasteiger partial charge in [-0.2, -0.15) is 13.1 Å². The Morgan fingerprint density at radius 3 is 2.69 bits per heavy atom. The zero-order chi connectivity index (χ0) is 24.8. The average Bonchev–Trinajstić information content (AvgIpc) is 3.23. The normalized spacial score (nSPS) is 52.0. The molecule has 0 bridgehead atoms. The van der Waals surface area contributed by atoms with Crippen molar-refractivity contribution in [1.29, 1.82) is 0 Å². The standard InChI is InChI=1S/C28H47N3O3S/c1-16-11-25-26(30-15-16)18(3)28(34-25)10-8-21-22-6-5-19-12-20(31-35(29,32)33)7-9-27(19,4)24(22)13-23(21)17(2)14-28/h16,18-22,24-26,30-31H,5-15H2,1-4H3,(H2,29,32,33)/t16-,18+,19+,20-,21-,22-,24-,25?,26-,27-,28-/m0/s1. The van der Waals surface area contributed by atoms with Crippen molar-refractivity contribution < 1.29 is 13.2 Å². The highest BCUT2D eigenvalue weighted by Gasteiger charge is 2.59. The maximum absolute atomic E-state index is 11.6. The molecule has 1 spiro atoms. The monoisotopic (exact) mass is 505 g/mol. The van der Waals surface area contributed by atoms with Gasteiger partial charge in [0.1, 0.15) is 0 Å². The second kappa shape index (κ2) is 8.52. The summed E-state index contributed by atoms with van der Waals surface area (Å²) in [5.74, 6) is 4.13. The quantitative estimate of drug-likeness (QED) is 0.489. The fraction of sp³-hybridized carbons (Fsp3) is 0.929. The van der Waals surface area contributed by atoms with Crippen LogP contribution in [0, 0.1) is 40.9 Å². The number of ether oxygens (including phenoxy) is 1. The number of rotatable bonds is 2. The van der Waals surface area contributed by atoms with Gasteiger partial charge in [0, 0.05) is 18.0 Å². The van der Waals surface area contributed by atoms with Gasteiger partial charge in [-0.1, -0.05) is 31.9 Å². The summed E-state index contributed by atoms with van der Waals surface area (Å²) >= 11 is 0. The lowest BCUT2D eigenvalue weighted by Gasteiger charge is -2.54. The van der Waals surface area contributed by atoms with Crippen LogP contribution in [0.3, 0.4) is 0 Å². The summed E-state index contributed by atoms with van der Waals surface area (Å²) in [6, 6.07) is 0.526. The van der Waals surface area contributed by atoms with Crippen LogP contribution >= 0.6 is 0 Å². The van der Waals surface area contributed by atoms with Gasteiger partial charge < -0.3 is 10.1 Å². The Balaban J connectivity index is 1.22. The summed E-state index contributed by atoms with van der Waals surface area (Å²) in [5, 5.41) is 9.15. The fourth-order valence-corrected chi connectivity index (χ4v) is 10.8. The lowest BCUT2D eigenvalue weighted by Crippen LogP contribution is -2.51. The molecule has 2 heterocycles. The van der Waals surface area contributed by atoms with Crippen molar-refractivity contribution in [2.75, 3.05) is 6.54 Å². The summed E-state index contributed by atoms with van der Waals surface area (Å²) in [7, 11) is -3.63. The number of piperidine rings is 1. The molecule has 6 aliphatic rings. The van der Waals surface area contributed by atoms with Gasteiger partial charge in [0.25, 0.3) is 10.2 Å². The van der Waals surface area contributed by atoms with Gasteiger partial charge in [-0.25, -0.2) is 5.14 Å². The second-order valence-electron chi connectivity index (χ2n) is 13.8. The minimum Gasteiger partial charge on any atom is -0.369 e. The molecule has 0 amide bonds. The van der Waals surface area contributed by atoms with E-state index >= 15 is 0 Å². The predicted molar refractivity (Wildman–Crippen MR) is 139 cm³/mol. The lowest BCUT2D eigenvalue weighted by molar-refractivity contribution is -0.0746. The van der Waals surface area contributed by atoms with Gasteiger partial charge in [0.2, 0.25) is 0 Å². The van der Waals surface area contributed by atoms with E-state index in [2.05, 4.69) is 37.7 Å². The SMILES string of the molecule is CC1=C2C[C@H]3[C@@H](CC[C@@H]4C[C@@H](NS(N)(=O)=O)CC[C@@]43C)[C@@H]2CC[C@@]2(C1)OC1C[C@H](C)CN[C@H]1[C@H]2C. The van der Waals surface area contributed by atoms with E-state index in [1.807, 2.05) is 0 Å². The Kier molecular flexibility index (Phi) is 6.05. The van der Waals surface area contributed by atoms with Crippen molar-refractivity contribution in [2.24, 2.45) is 46.1 Å². The molecular formula is C28H47N3O3S. The first-order valence-corrected chi connectivity index (χ1v) is 15.9. The van der Waals surface area contributed by atoms with Gasteiger partial charge in [0.15, 0.2) is 0 Å². The third-order valence-corrected chi connectivity index (χ3v) is 12.6. The van der Waals surface area contributed by atoms with Gasteiger partial charge >= 0.3 is 0 Å². The zero-order valence-corrected chi connectivity index (χ0v) is 23.0. The molecule has 2 saturated heterocycles. The highest BCUT2D eigenvalue weighted by molar-refractivity contribution is 7.87. The molecule has 5 fully saturated rings. The molecule has 198 valence electrons. The summed E-state index contributed by atoms with van der Waals surface area (Å²) in [6.07, 6.45) is 11.9. The molecule has 4 N–H and O–H groups in total. The highest BCUT2D eigenvalue weighted by atomic mass is 32.2. The first-order valence-electron chi connectivity index (χ1n) is 14.4.